The van der Waals surface area contributed by atoms with Crippen molar-refractivity contribution in [2.45, 2.75) is 50.3 Å². The van der Waals surface area contributed by atoms with Gasteiger partial charge in [-0.25, -0.2) is 4.79 Å². The number of methoxy groups -OCH3 is 1. The van der Waals surface area contributed by atoms with Crippen LogP contribution in [-0.4, -0.2) is 39.5 Å². The van der Waals surface area contributed by atoms with E-state index >= 15 is 0 Å². The lowest BCUT2D eigenvalue weighted by molar-refractivity contribution is -0.113. The zero-order valence-electron chi connectivity index (χ0n) is 19.6. The van der Waals surface area contributed by atoms with E-state index in [0.29, 0.717) is 32.3 Å². The minimum atomic E-state index is -0.398. The van der Waals surface area contributed by atoms with Crippen LogP contribution in [0.1, 0.15) is 52.3 Å². The predicted octanol–water partition coefficient (Wildman–Crippen LogP) is 5.29. The summed E-state index contributed by atoms with van der Waals surface area (Å²) in [6, 6.07) is 7.08. The Kier molecular flexibility index (Phi) is 8.69. The molecule has 186 valence electrons. The number of ether oxygens (including phenoxy) is 2. The van der Waals surface area contributed by atoms with Gasteiger partial charge in [-0.3, -0.25) is 4.79 Å². The minimum Gasteiger partial charge on any atom is -0.486 e. The van der Waals surface area contributed by atoms with Crippen LogP contribution in [0.25, 0.3) is 0 Å². The van der Waals surface area contributed by atoms with E-state index in [1.807, 2.05) is 7.05 Å². The molecular formula is C24H27ClN4O4S2. The molecule has 1 aromatic carbocycles. The van der Waals surface area contributed by atoms with Gasteiger partial charge in [0.05, 0.1) is 18.4 Å². The van der Waals surface area contributed by atoms with Crippen molar-refractivity contribution in [2.24, 2.45) is 7.05 Å². The lowest BCUT2D eigenvalue weighted by Gasteiger charge is -2.11. The van der Waals surface area contributed by atoms with Gasteiger partial charge in [-0.05, 0) is 55.5 Å². The fraction of sp³-hybridized carbons (Fsp3) is 0.417. The monoisotopic (exact) mass is 534 g/mol. The number of halogens is 1. The molecule has 1 amide bonds. The average Bonchev–Trinajstić information content (AvgIpc) is 3.35. The van der Waals surface area contributed by atoms with E-state index in [1.165, 1.54) is 41.5 Å². The number of thiophene rings is 1. The molecule has 3 aromatic rings. The average molecular weight is 535 g/mol. The standard InChI is InChI=1S/C24H27ClN4O4S2/c1-29-19(13-33-16-11-9-15(25)10-12-16)27-28-24(29)34-14-20(30)26-22-21(23(31)32-2)17-7-5-3-4-6-8-18(17)35-22/h9-12H,3-8,13-14H2,1-2H3,(H,26,30). The second-order valence-corrected chi connectivity index (χ2v) is 10.6. The molecule has 35 heavy (non-hydrogen) atoms. The van der Waals surface area contributed by atoms with E-state index in [-0.39, 0.29) is 18.3 Å². The highest BCUT2D eigenvalue weighted by Crippen LogP contribution is 2.37. The molecule has 0 radical (unpaired) electrons. The predicted molar refractivity (Wildman–Crippen MR) is 138 cm³/mol. The van der Waals surface area contributed by atoms with Crippen LogP contribution in [0.2, 0.25) is 5.02 Å². The van der Waals surface area contributed by atoms with Crippen LogP contribution in [0, 0.1) is 0 Å². The van der Waals surface area contributed by atoms with Crippen molar-refractivity contribution in [3.63, 3.8) is 0 Å². The van der Waals surface area contributed by atoms with Gasteiger partial charge in [-0.2, -0.15) is 0 Å². The Labute approximate surface area is 217 Å². The molecule has 0 fully saturated rings. The van der Waals surface area contributed by atoms with Gasteiger partial charge < -0.3 is 19.4 Å². The van der Waals surface area contributed by atoms with Gasteiger partial charge in [-0.1, -0.05) is 36.2 Å². The first-order chi connectivity index (χ1) is 17.0. The van der Waals surface area contributed by atoms with Gasteiger partial charge in [0.15, 0.2) is 11.0 Å². The number of anilines is 1. The molecular weight excluding hydrogens is 508 g/mol. The third-order valence-electron chi connectivity index (χ3n) is 5.75. The fourth-order valence-corrected chi connectivity index (χ4v) is 6.04. The summed E-state index contributed by atoms with van der Waals surface area (Å²) >= 11 is 8.66. The van der Waals surface area contributed by atoms with Crippen LogP contribution < -0.4 is 10.1 Å². The third-order valence-corrected chi connectivity index (χ3v) is 8.23. The second-order valence-electron chi connectivity index (χ2n) is 8.15. The number of thioether (sulfide) groups is 1. The Hall–Kier alpha value is -2.56. The summed E-state index contributed by atoms with van der Waals surface area (Å²) in [6.07, 6.45) is 6.22. The van der Waals surface area contributed by atoms with E-state index < -0.39 is 5.97 Å². The molecule has 1 N–H and O–H groups in total. The number of esters is 1. The van der Waals surface area contributed by atoms with Gasteiger partial charge in [0.1, 0.15) is 17.4 Å². The first-order valence-electron chi connectivity index (χ1n) is 11.4. The van der Waals surface area contributed by atoms with Crippen molar-refractivity contribution in [1.82, 2.24) is 14.8 Å². The third kappa shape index (κ3) is 6.36. The largest absolute Gasteiger partial charge is 0.486 e. The first kappa shape index (κ1) is 25.5. The quantitative estimate of drug-likeness (QED) is 0.310. The smallest absolute Gasteiger partial charge is 0.341 e. The molecule has 1 aliphatic carbocycles. The molecule has 0 unspecified atom stereocenters. The molecule has 0 saturated carbocycles. The molecule has 1 aliphatic rings. The molecule has 0 atom stereocenters. The molecule has 11 heteroatoms. The van der Waals surface area contributed by atoms with Crippen molar-refractivity contribution >= 4 is 51.6 Å². The summed E-state index contributed by atoms with van der Waals surface area (Å²) in [6.45, 7) is 0.237. The summed E-state index contributed by atoms with van der Waals surface area (Å²) in [5.74, 6) is 0.833. The number of hydrogen-bond acceptors (Lipinski definition) is 8. The van der Waals surface area contributed by atoms with Crippen molar-refractivity contribution in [2.75, 3.05) is 18.2 Å². The molecule has 8 nitrogen and oxygen atoms in total. The fourth-order valence-electron chi connectivity index (χ4n) is 3.89. The highest BCUT2D eigenvalue weighted by Gasteiger charge is 2.26. The summed E-state index contributed by atoms with van der Waals surface area (Å²) in [4.78, 5) is 26.5. The Bertz CT molecular complexity index is 1190. The zero-order valence-corrected chi connectivity index (χ0v) is 22.0. The number of rotatable bonds is 8. The van der Waals surface area contributed by atoms with Crippen LogP contribution in [0.3, 0.4) is 0 Å². The van der Waals surface area contributed by atoms with Crippen LogP contribution in [0.5, 0.6) is 5.75 Å². The Morgan fingerprint density at radius 1 is 1.14 bits per heavy atom. The highest BCUT2D eigenvalue weighted by atomic mass is 35.5. The molecule has 4 rings (SSSR count). The Morgan fingerprint density at radius 3 is 2.63 bits per heavy atom. The van der Waals surface area contributed by atoms with E-state index in [0.717, 1.165) is 37.7 Å². The number of benzene rings is 1. The number of carbonyl (C=O) groups excluding carboxylic acids is 2. The van der Waals surface area contributed by atoms with Gasteiger partial charge in [0, 0.05) is 16.9 Å². The van der Waals surface area contributed by atoms with E-state index in [9.17, 15) is 9.59 Å². The molecule has 2 heterocycles. The van der Waals surface area contributed by atoms with Crippen LogP contribution in [0.4, 0.5) is 5.00 Å². The van der Waals surface area contributed by atoms with E-state index in [2.05, 4.69) is 15.5 Å². The molecule has 0 saturated heterocycles. The minimum absolute atomic E-state index is 0.132. The Morgan fingerprint density at radius 2 is 1.89 bits per heavy atom. The van der Waals surface area contributed by atoms with Crippen molar-refractivity contribution in [1.29, 1.82) is 0 Å². The summed E-state index contributed by atoms with van der Waals surface area (Å²) in [7, 11) is 3.20. The van der Waals surface area contributed by atoms with Crippen LogP contribution >= 0.6 is 34.7 Å². The second kappa shape index (κ2) is 11.9. The number of fused-ring (bicyclic) bond motifs is 1. The number of hydrogen-bond donors (Lipinski definition) is 1. The van der Waals surface area contributed by atoms with Gasteiger partial charge in [-0.15, -0.1) is 21.5 Å². The van der Waals surface area contributed by atoms with Crippen molar-refractivity contribution < 1.29 is 19.1 Å². The SMILES string of the molecule is COC(=O)c1c(NC(=O)CSc2nnc(COc3ccc(Cl)cc3)n2C)sc2c1CCCCCC2. The first-order valence-corrected chi connectivity index (χ1v) is 13.6. The number of carbonyl (C=O) groups is 2. The maximum Gasteiger partial charge on any atom is 0.341 e. The molecule has 2 aromatic heterocycles. The highest BCUT2D eigenvalue weighted by molar-refractivity contribution is 7.99. The van der Waals surface area contributed by atoms with Gasteiger partial charge in [0.2, 0.25) is 5.91 Å². The summed E-state index contributed by atoms with van der Waals surface area (Å²) in [5.41, 5.74) is 1.54. The summed E-state index contributed by atoms with van der Waals surface area (Å²) < 4.78 is 12.6. The van der Waals surface area contributed by atoms with Gasteiger partial charge >= 0.3 is 5.97 Å². The van der Waals surface area contributed by atoms with Gasteiger partial charge in [0.25, 0.3) is 0 Å². The van der Waals surface area contributed by atoms with Crippen LogP contribution in [-0.2, 0) is 36.0 Å². The zero-order chi connectivity index (χ0) is 24.8. The number of nitrogens with zero attached hydrogens (tertiary/aromatic N) is 3. The molecule has 0 bridgehead atoms. The van der Waals surface area contributed by atoms with Crippen molar-refractivity contribution in [3.8, 4) is 5.75 Å². The number of aromatic nitrogens is 3. The van der Waals surface area contributed by atoms with E-state index in [4.69, 9.17) is 21.1 Å². The lowest BCUT2D eigenvalue weighted by atomic mass is 9.96. The van der Waals surface area contributed by atoms with Crippen molar-refractivity contribution in [3.05, 3.63) is 51.1 Å². The lowest BCUT2D eigenvalue weighted by Crippen LogP contribution is -2.16. The maximum absolute atomic E-state index is 12.8. The number of nitrogens with one attached hydrogen (secondary N) is 1. The maximum atomic E-state index is 12.8. The topological polar surface area (TPSA) is 95.3 Å². The van der Waals surface area contributed by atoms with Crippen LogP contribution in [0.15, 0.2) is 29.4 Å². The molecule has 0 aliphatic heterocycles. The normalized spacial score (nSPS) is 13.5. The summed E-state index contributed by atoms with van der Waals surface area (Å²) in [5, 5.41) is 13.1. The van der Waals surface area contributed by atoms with E-state index in [1.54, 1.807) is 28.8 Å². The molecule has 0 spiro atoms. The Balaban J connectivity index is 1.38. The number of aryl methyl sites for hydroxylation is 1. The number of amides is 1.